The van der Waals surface area contributed by atoms with Crippen LogP contribution in [-0.4, -0.2) is 54.2 Å². The second-order valence-corrected chi connectivity index (χ2v) is 12.5. The molecule has 0 N–H and O–H groups in total. The van der Waals surface area contributed by atoms with Gasteiger partial charge >= 0.3 is 0 Å². The van der Waals surface area contributed by atoms with Gasteiger partial charge in [-0.05, 0) is 69.4 Å². The molecule has 180 valence electrons. The van der Waals surface area contributed by atoms with Crippen LogP contribution in [0.3, 0.4) is 0 Å². The van der Waals surface area contributed by atoms with Crippen LogP contribution in [-0.2, 0) is 10.0 Å². The summed E-state index contributed by atoms with van der Waals surface area (Å²) in [7, 11) is -3.62. The van der Waals surface area contributed by atoms with Crippen LogP contribution in [0.4, 0.5) is 0 Å². The number of para-hydroxylation sites is 1. The van der Waals surface area contributed by atoms with Crippen LogP contribution in [0, 0.1) is 6.92 Å². The third kappa shape index (κ3) is 4.39. The molecule has 0 saturated carbocycles. The lowest BCUT2D eigenvalue weighted by Gasteiger charge is -2.33. The maximum absolute atomic E-state index is 13.4. The van der Waals surface area contributed by atoms with Gasteiger partial charge in [-0.3, -0.25) is 4.79 Å². The highest BCUT2D eigenvalue weighted by Gasteiger charge is 2.32. The summed E-state index contributed by atoms with van der Waals surface area (Å²) in [6, 6.07) is 13.2. The summed E-state index contributed by atoms with van der Waals surface area (Å²) >= 11 is 1.74. The number of benzene rings is 2. The molecule has 2 aromatic carbocycles. The minimum Gasteiger partial charge on any atom is -0.339 e. The molecule has 2 saturated heterocycles. The number of rotatable bonds is 4. The van der Waals surface area contributed by atoms with Crippen molar-refractivity contribution in [3.63, 3.8) is 0 Å². The third-order valence-electron chi connectivity index (χ3n) is 7.23. The van der Waals surface area contributed by atoms with E-state index in [1.807, 2.05) is 36.9 Å². The third-order valence-corrected chi connectivity index (χ3v) is 10.4. The minimum atomic E-state index is -3.62. The lowest BCUT2D eigenvalue weighted by molar-refractivity contribution is 0.0712. The summed E-state index contributed by atoms with van der Waals surface area (Å²) in [5.74, 6) is 0.277. The average Bonchev–Trinajstić information content (AvgIpc) is 3.28. The van der Waals surface area contributed by atoms with Gasteiger partial charge in [-0.1, -0.05) is 24.6 Å². The van der Waals surface area contributed by atoms with Crippen LogP contribution < -0.4 is 0 Å². The van der Waals surface area contributed by atoms with Gasteiger partial charge in [0, 0.05) is 37.2 Å². The number of carbonyl (C=O) groups is 1. The van der Waals surface area contributed by atoms with Crippen molar-refractivity contribution >= 4 is 37.5 Å². The molecular weight excluding hydrogens is 466 g/mol. The Morgan fingerprint density at radius 3 is 2.53 bits per heavy atom. The zero-order chi connectivity index (χ0) is 23.9. The van der Waals surface area contributed by atoms with Gasteiger partial charge in [0.2, 0.25) is 10.0 Å². The van der Waals surface area contributed by atoms with Crippen LogP contribution >= 0.6 is 11.3 Å². The molecule has 0 spiro atoms. The predicted molar refractivity (Wildman–Crippen MR) is 136 cm³/mol. The summed E-state index contributed by atoms with van der Waals surface area (Å²) in [5, 5.41) is 1.15. The standard InChI is InChI=1S/C26H31N3O3S2/c1-18-10-11-21(34(31,32)29-14-6-5-7-19(29)2)17-22(18)26(30)28-15-12-20(13-16-28)25-27-23-8-3-4-9-24(23)33-25/h3-4,8-11,17,19-20H,5-7,12-16H2,1-2H3. The van der Waals surface area contributed by atoms with Gasteiger partial charge in [0.25, 0.3) is 5.91 Å². The Balaban J connectivity index is 1.32. The molecule has 2 fully saturated rings. The Morgan fingerprint density at radius 1 is 1.03 bits per heavy atom. The first-order chi connectivity index (χ1) is 16.3. The van der Waals surface area contributed by atoms with Gasteiger partial charge in [0.1, 0.15) is 0 Å². The van der Waals surface area contributed by atoms with Crippen molar-refractivity contribution in [3.05, 3.63) is 58.6 Å². The molecule has 34 heavy (non-hydrogen) atoms. The van der Waals surface area contributed by atoms with Gasteiger partial charge in [0.15, 0.2) is 0 Å². The van der Waals surface area contributed by atoms with E-state index in [2.05, 4.69) is 6.07 Å². The molecule has 2 aliphatic heterocycles. The monoisotopic (exact) mass is 497 g/mol. The van der Waals surface area contributed by atoms with E-state index in [-0.39, 0.29) is 16.8 Å². The number of hydrogen-bond donors (Lipinski definition) is 0. The largest absolute Gasteiger partial charge is 0.339 e. The minimum absolute atomic E-state index is 0.0132. The fourth-order valence-electron chi connectivity index (χ4n) is 5.12. The molecular formula is C26H31N3O3S2. The van der Waals surface area contributed by atoms with Gasteiger partial charge in [-0.15, -0.1) is 11.3 Å². The van der Waals surface area contributed by atoms with Crippen LogP contribution in [0.5, 0.6) is 0 Å². The second kappa shape index (κ2) is 9.40. The summed E-state index contributed by atoms with van der Waals surface area (Å²) in [5.41, 5.74) is 2.34. The first-order valence-corrected chi connectivity index (χ1v) is 14.4. The van der Waals surface area contributed by atoms with Crippen LogP contribution in [0.15, 0.2) is 47.4 Å². The predicted octanol–water partition coefficient (Wildman–Crippen LogP) is 5.19. The van der Waals surface area contributed by atoms with E-state index in [4.69, 9.17) is 4.98 Å². The molecule has 1 atom stereocenters. The molecule has 8 heteroatoms. The highest BCUT2D eigenvalue weighted by Crippen LogP contribution is 2.34. The van der Waals surface area contributed by atoms with Gasteiger partial charge in [0.05, 0.1) is 20.1 Å². The van der Waals surface area contributed by atoms with E-state index in [1.54, 1.807) is 33.8 Å². The molecule has 1 amide bonds. The maximum atomic E-state index is 13.4. The quantitative estimate of drug-likeness (QED) is 0.498. The Labute approximate surface area is 205 Å². The molecule has 3 aromatic rings. The summed E-state index contributed by atoms with van der Waals surface area (Å²) in [6.45, 7) is 5.69. The smallest absolute Gasteiger partial charge is 0.254 e. The van der Waals surface area contributed by atoms with Crippen LogP contribution in [0.1, 0.15) is 65.9 Å². The van der Waals surface area contributed by atoms with E-state index in [1.165, 1.54) is 4.70 Å². The molecule has 1 aromatic heterocycles. The molecule has 3 heterocycles. The van der Waals surface area contributed by atoms with Crippen molar-refractivity contribution in [2.24, 2.45) is 0 Å². The lowest BCUT2D eigenvalue weighted by Crippen LogP contribution is -2.42. The Hall–Kier alpha value is -2.29. The Morgan fingerprint density at radius 2 is 1.79 bits per heavy atom. The first kappa shape index (κ1) is 23.5. The van der Waals surface area contributed by atoms with Crippen molar-refractivity contribution in [1.82, 2.24) is 14.2 Å². The summed E-state index contributed by atoms with van der Waals surface area (Å²) < 4.78 is 29.5. The number of sulfonamides is 1. The number of piperidine rings is 2. The molecule has 0 aliphatic carbocycles. The molecule has 6 nitrogen and oxygen atoms in total. The SMILES string of the molecule is Cc1ccc(S(=O)(=O)N2CCCCC2C)cc1C(=O)N1CCC(c2nc3ccccc3s2)CC1. The molecule has 1 unspecified atom stereocenters. The molecule has 2 aliphatic rings. The van der Waals surface area contributed by atoms with Crippen LogP contribution in [0.25, 0.3) is 10.2 Å². The van der Waals surface area contributed by atoms with E-state index < -0.39 is 10.0 Å². The number of thiazole rings is 1. The van der Waals surface area contributed by atoms with Crippen molar-refractivity contribution < 1.29 is 13.2 Å². The van der Waals surface area contributed by atoms with Gasteiger partial charge < -0.3 is 4.90 Å². The lowest BCUT2D eigenvalue weighted by atomic mass is 9.96. The van der Waals surface area contributed by atoms with Crippen molar-refractivity contribution in [3.8, 4) is 0 Å². The Bertz CT molecular complexity index is 1280. The highest BCUT2D eigenvalue weighted by molar-refractivity contribution is 7.89. The number of fused-ring (bicyclic) bond motifs is 1. The van der Waals surface area contributed by atoms with Gasteiger partial charge in [-0.2, -0.15) is 4.31 Å². The summed E-state index contributed by atoms with van der Waals surface area (Å²) in [4.78, 5) is 20.3. The van der Waals surface area contributed by atoms with E-state index >= 15 is 0 Å². The first-order valence-electron chi connectivity index (χ1n) is 12.1. The summed E-state index contributed by atoms with van der Waals surface area (Å²) in [6.07, 6.45) is 4.55. The van der Waals surface area contributed by atoms with E-state index in [0.29, 0.717) is 31.1 Å². The molecule has 0 radical (unpaired) electrons. The maximum Gasteiger partial charge on any atom is 0.254 e. The molecule has 0 bridgehead atoms. The van der Waals surface area contributed by atoms with Crippen molar-refractivity contribution in [2.45, 2.75) is 62.8 Å². The number of amides is 1. The van der Waals surface area contributed by atoms with E-state index in [9.17, 15) is 13.2 Å². The number of hydrogen-bond acceptors (Lipinski definition) is 5. The van der Waals surface area contributed by atoms with Crippen molar-refractivity contribution in [2.75, 3.05) is 19.6 Å². The normalized spacial score (nSPS) is 20.6. The zero-order valence-corrected chi connectivity index (χ0v) is 21.4. The number of aromatic nitrogens is 1. The second-order valence-electron chi connectivity index (χ2n) is 9.52. The fourth-order valence-corrected chi connectivity index (χ4v) is 7.98. The van der Waals surface area contributed by atoms with Crippen molar-refractivity contribution in [1.29, 1.82) is 0 Å². The number of carbonyl (C=O) groups excluding carboxylic acids is 1. The molecule has 5 rings (SSSR count). The topological polar surface area (TPSA) is 70.6 Å². The fraction of sp³-hybridized carbons (Fsp3) is 0.462. The highest BCUT2D eigenvalue weighted by atomic mass is 32.2. The zero-order valence-electron chi connectivity index (χ0n) is 19.7. The number of aryl methyl sites for hydroxylation is 1. The number of likely N-dealkylation sites (tertiary alicyclic amines) is 1. The van der Waals surface area contributed by atoms with E-state index in [0.717, 1.165) is 48.2 Å². The number of nitrogens with zero attached hydrogens (tertiary/aromatic N) is 3. The Kier molecular flexibility index (Phi) is 6.48. The van der Waals surface area contributed by atoms with Crippen LogP contribution in [0.2, 0.25) is 0 Å². The van der Waals surface area contributed by atoms with Gasteiger partial charge in [-0.25, -0.2) is 13.4 Å². The average molecular weight is 498 g/mol.